The Morgan fingerprint density at radius 3 is 2.28 bits per heavy atom. The van der Waals surface area contributed by atoms with E-state index in [1.165, 1.54) is 5.56 Å². The zero-order valence-electron chi connectivity index (χ0n) is 14.6. The van der Waals surface area contributed by atoms with Gasteiger partial charge in [0.25, 0.3) is 0 Å². The summed E-state index contributed by atoms with van der Waals surface area (Å²) in [6, 6.07) is 19.8. The summed E-state index contributed by atoms with van der Waals surface area (Å²) in [7, 11) is 0. The molecule has 0 bridgehead atoms. The Labute approximate surface area is 149 Å². The van der Waals surface area contributed by atoms with Gasteiger partial charge < -0.3 is 5.32 Å². The van der Waals surface area contributed by atoms with Crippen molar-refractivity contribution in [3.8, 4) is 6.07 Å². The molecule has 3 heteroatoms. The van der Waals surface area contributed by atoms with Gasteiger partial charge in [0, 0.05) is 11.6 Å². The zero-order valence-corrected chi connectivity index (χ0v) is 14.6. The van der Waals surface area contributed by atoms with Crippen LogP contribution in [-0.4, -0.2) is 5.91 Å². The van der Waals surface area contributed by atoms with E-state index in [2.05, 4.69) is 41.7 Å². The van der Waals surface area contributed by atoms with E-state index in [1.54, 1.807) is 24.3 Å². The molecule has 1 aliphatic rings. The quantitative estimate of drug-likeness (QED) is 0.846. The molecular weight excluding hydrogens is 308 g/mol. The van der Waals surface area contributed by atoms with Gasteiger partial charge in [-0.1, -0.05) is 37.3 Å². The molecule has 1 fully saturated rings. The van der Waals surface area contributed by atoms with Crippen LogP contribution in [0.25, 0.3) is 0 Å². The average molecular weight is 332 g/mol. The van der Waals surface area contributed by atoms with E-state index in [9.17, 15) is 4.79 Å². The van der Waals surface area contributed by atoms with Crippen LogP contribution in [0.5, 0.6) is 0 Å². The number of benzene rings is 2. The third-order valence-corrected chi connectivity index (χ3v) is 5.45. The Hall–Kier alpha value is -2.60. The number of nitriles is 1. The summed E-state index contributed by atoms with van der Waals surface area (Å²) in [6.07, 6.45) is 4.51. The lowest BCUT2D eigenvalue weighted by Crippen LogP contribution is -2.29. The monoisotopic (exact) mass is 332 g/mol. The molecule has 1 amide bonds. The number of nitrogens with one attached hydrogen (secondary N) is 1. The maximum atomic E-state index is 12.5. The van der Waals surface area contributed by atoms with Crippen LogP contribution in [0.4, 0.5) is 5.69 Å². The molecule has 0 heterocycles. The number of hydrogen-bond donors (Lipinski definition) is 1. The zero-order chi connectivity index (χ0) is 17.6. The van der Waals surface area contributed by atoms with Gasteiger partial charge in [0.2, 0.25) is 5.91 Å². The highest BCUT2D eigenvalue weighted by Gasteiger charge is 2.29. The Balaban J connectivity index is 1.54. The van der Waals surface area contributed by atoms with Crippen LogP contribution in [0.1, 0.15) is 49.7 Å². The molecule has 2 aromatic carbocycles. The number of carbonyl (C=O) groups is 1. The normalized spacial score (nSPS) is 21.1. The molecule has 0 aliphatic heterocycles. The molecule has 1 saturated carbocycles. The lowest BCUT2D eigenvalue weighted by molar-refractivity contribution is -0.121. The lowest BCUT2D eigenvalue weighted by atomic mass is 9.74. The summed E-state index contributed by atoms with van der Waals surface area (Å²) < 4.78 is 0. The maximum Gasteiger partial charge on any atom is 0.227 e. The summed E-state index contributed by atoms with van der Waals surface area (Å²) >= 11 is 0. The molecule has 128 valence electrons. The lowest BCUT2D eigenvalue weighted by Gasteiger charge is -2.32. The highest BCUT2D eigenvalue weighted by Crippen LogP contribution is 2.38. The predicted molar refractivity (Wildman–Crippen MR) is 100 cm³/mol. The van der Waals surface area contributed by atoms with Gasteiger partial charge in [-0.15, -0.1) is 0 Å². The second-order valence-corrected chi connectivity index (χ2v) is 6.99. The minimum absolute atomic E-state index is 0.00682. The van der Waals surface area contributed by atoms with Crippen molar-refractivity contribution in [1.29, 1.82) is 5.26 Å². The summed E-state index contributed by atoms with van der Waals surface area (Å²) in [5.74, 6) is 1.16. The SMILES string of the molecule is C[C@@H](C(=O)Nc1ccc(C#N)cc1)C1CCC(c2ccccc2)CC1. The Kier molecular flexibility index (Phi) is 5.50. The topological polar surface area (TPSA) is 52.9 Å². The number of anilines is 1. The van der Waals surface area contributed by atoms with E-state index in [0.717, 1.165) is 31.4 Å². The van der Waals surface area contributed by atoms with Gasteiger partial charge in [0.1, 0.15) is 0 Å². The first kappa shape index (κ1) is 17.2. The van der Waals surface area contributed by atoms with Gasteiger partial charge in [-0.2, -0.15) is 5.26 Å². The van der Waals surface area contributed by atoms with Gasteiger partial charge in [0.15, 0.2) is 0 Å². The van der Waals surface area contributed by atoms with Crippen molar-refractivity contribution >= 4 is 11.6 Å². The van der Waals surface area contributed by atoms with Crippen LogP contribution in [-0.2, 0) is 4.79 Å². The molecule has 1 aliphatic carbocycles. The molecule has 0 aromatic heterocycles. The van der Waals surface area contributed by atoms with Crippen LogP contribution in [0.15, 0.2) is 54.6 Å². The molecule has 1 atom stereocenters. The van der Waals surface area contributed by atoms with E-state index in [4.69, 9.17) is 5.26 Å². The van der Waals surface area contributed by atoms with Crippen LogP contribution >= 0.6 is 0 Å². The van der Waals surface area contributed by atoms with Gasteiger partial charge in [-0.25, -0.2) is 0 Å². The minimum atomic E-state index is 0.00682. The highest BCUT2D eigenvalue weighted by molar-refractivity contribution is 5.92. The van der Waals surface area contributed by atoms with E-state index in [1.807, 2.05) is 6.92 Å². The van der Waals surface area contributed by atoms with Gasteiger partial charge in [-0.3, -0.25) is 4.79 Å². The molecule has 2 aromatic rings. The van der Waals surface area contributed by atoms with Crippen LogP contribution in [0.3, 0.4) is 0 Å². The van der Waals surface area contributed by atoms with Crippen LogP contribution in [0, 0.1) is 23.2 Å². The number of nitrogens with zero attached hydrogens (tertiary/aromatic N) is 1. The first-order valence-electron chi connectivity index (χ1n) is 9.03. The van der Waals surface area contributed by atoms with E-state index < -0.39 is 0 Å². The number of carbonyl (C=O) groups excluding carboxylic acids is 1. The largest absolute Gasteiger partial charge is 0.326 e. The Bertz CT molecular complexity index is 738. The minimum Gasteiger partial charge on any atom is -0.326 e. The second-order valence-electron chi connectivity index (χ2n) is 6.99. The van der Waals surface area contributed by atoms with Crippen LogP contribution < -0.4 is 5.32 Å². The standard InChI is InChI=1S/C22H24N2O/c1-16(22(25)24-21-13-7-17(15-23)8-14-21)18-9-11-20(12-10-18)19-5-3-2-4-6-19/h2-8,13-14,16,18,20H,9-12H2,1H3,(H,24,25)/t16-,18?,20?/m1/s1. The summed E-state index contributed by atoms with van der Waals surface area (Å²) in [6.45, 7) is 2.03. The van der Waals surface area contributed by atoms with Crippen molar-refractivity contribution < 1.29 is 4.79 Å². The van der Waals surface area contributed by atoms with Crippen molar-refractivity contribution in [2.75, 3.05) is 5.32 Å². The fourth-order valence-electron chi connectivity index (χ4n) is 3.78. The molecular formula is C22H24N2O. The molecule has 0 spiro atoms. The number of rotatable bonds is 4. The van der Waals surface area contributed by atoms with E-state index in [-0.39, 0.29) is 11.8 Å². The van der Waals surface area contributed by atoms with Crippen molar-refractivity contribution in [3.05, 3.63) is 65.7 Å². The third-order valence-electron chi connectivity index (χ3n) is 5.45. The fourth-order valence-corrected chi connectivity index (χ4v) is 3.78. The molecule has 1 N–H and O–H groups in total. The first-order chi connectivity index (χ1) is 12.2. The van der Waals surface area contributed by atoms with Crippen molar-refractivity contribution in [3.63, 3.8) is 0 Å². The number of hydrogen-bond acceptors (Lipinski definition) is 2. The fraction of sp³-hybridized carbons (Fsp3) is 0.364. The number of amides is 1. The van der Waals surface area contributed by atoms with Crippen molar-refractivity contribution in [2.24, 2.45) is 11.8 Å². The smallest absolute Gasteiger partial charge is 0.227 e. The Morgan fingerprint density at radius 1 is 1.04 bits per heavy atom. The highest BCUT2D eigenvalue weighted by atomic mass is 16.1. The predicted octanol–water partition coefficient (Wildman–Crippen LogP) is 5.11. The van der Waals surface area contributed by atoms with Gasteiger partial charge in [0.05, 0.1) is 11.6 Å². The van der Waals surface area contributed by atoms with Gasteiger partial charge >= 0.3 is 0 Å². The van der Waals surface area contributed by atoms with Crippen molar-refractivity contribution in [1.82, 2.24) is 0 Å². The first-order valence-corrected chi connectivity index (χ1v) is 9.03. The van der Waals surface area contributed by atoms with Crippen LogP contribution in [0.2, 0.25) is 0 Å². The van der Waals surface area contributed by atoms with Gasteiger partial charge in [-0.05, 0) is 67.3 Å². The molecule has 0 saturated heterocycles. The summed E-state index contributed by atoms with van der Waals surface area (Å²) in [5.41, 5.74) is 2.79. The van der Waals surface area contributed by atoms with Crippen molar-refractivity contribution in [2.45, 2.75) is 38.5 Å². The maximum absolute atomic E-state index is 12.5. The molecule has 25 heavy (non-hydrogen) atoms. The molecule has 0 radical (unpaired) electrons. The summed E-state index contributed by atoms with van der Waals surface area (Å²) in [4.78, 5) is 12.5. The Morgan fingerprint density at radius 2 is 1.68 bits per heavy atom. The molecule has 0 unspecified atom stereocenters. The summed E-state index contributed by atoms with van der Waals surface area (Å²) in [5, 5.41) is 11.8. The third kappa shape index (κ3) is 4.28. The molecule has 3 rings (SSSR count). The van der Waals surface area contributed by atoms with E-state index >= 15 is 0 Å². The second kappa shape index (κ2) is 7.98. The molecule has 3 nitrogen and oxygen atoms in total. The average Bonchev–Trinajstić information content (AvgIpc) is 2.69. The van der Waals surface area contributed by atoms with E-state index in [0.29, 0.717) is 17.4 Å².